The zero-order chi connectivity index (χ0) is 13.5. The van der Waals surface area contributed by atoms with E-state index in [9.17, 15) is 9.00 Å². The predicted octanol–water partition coefficient (Wildman–Crippen LogP) is 0.631. The fourth-order valence-corrected chi connectivity index (χ4v) is 1.95. The summed E-state index contributed by atoms with van der Waals surface area (Å²) < 4.78 is 15.9. The number of carbonyl (C=O) groups is 1. The molecular weight excluding hydrogens is 254 g/mol. The molecule has 1 atom stereocenters. The van der Waals surface area contributed by atoms with Crippen LogP contribution in [0.1, 0.15) is 17.3 Å². The van der Waals surface area contributed by atoms with Crippen LogP contribution in [-0.2, 0) is 15.5 Å². The summed E-state index contributed by atoms with van der Waals surface area (Å²) in [7, 11) is 0.446. The fourth-order valence-electron chi connectivity index (χ4n) is 1.33. The summed E-state index contributed by atoms with van der Waals surface area (Å²) in [5, 5.41) is 2.96. The largest absolute Gasteiger partial charge is 0.465 e. The zero-order valence-corrected chi connectivity index (χ0v) is 11.3. The first-order valence-electron chi connectivity index (χ1n) is 5.51. The highest BCUT2D eigenvalue weighted by Gasteiger charge is 2.13. The van der Waals surface area contributed by atoms with Crippen LogP contribution in [0, 0.1) is 0 Å². The number of rotatable bonds is 6. The number of nitrogens with two attached hydrogens (primary N) is 1. The van der Waals surface area contributed by atoms with Gasteiger partial charge in [0, 0.05) is 35.0 Å². The molecule has 0 radical (unpaired) electrons. The van der Waals surface area contributed by atoms with Gasteiger partial charge in [-0.05, 0) is 6.07 Å². The molecule has 0 saturated carbocycles. The SMILES string of the molecule is CCS(=O)CCNc1nccc(C(=O)OC)c1N. The molecule has 18 heavy (non-hydrogen) atoms. The summed E-state index contributed by atoms with van der Waals surface area (Å²) in [6.45, 7) is 2.35. The maximum Gasteiger partial charge on any atom is 0.340 e. The summed E-state index contributed by atoms with van der Waals surface area (Å²) in [5.41, 5.74) is 6.32. The van der Waals surface area contributed by atoms with Crippen LogP contribution in [-0.4, -0.2) is 40.3 Å². The molecule has 0 aromatic carbocycles. The van der Waals surface area contributed by atoms with E-state index < -0.39 is 16.8 Å². The molecule has 0 aliphatic carbocycles. The van der Waals surface area contributed by atoms with Crippen molar-refractivity contribution in [3.05, 3.63) is 17.8 Å². The molecule has 1 aromatic rings. The summed E-state index contributed by atoms with van der Waals surface area (Å²) in [6.07, 6.45) is 1.47. The third-order valence-corrected chi connectivity index (χ3v) is 3.64. The Hall–Kier alpha value is -1.63. The van der Waals surface area contributed by atoms with Crippen molar-refractivity contribution >= 4 is 28.3 Å². The lowest BCUT2D eigenvalue weighted by molar-refractivity contribution is 0.0602. The van der Waals surface area contributed by atoms with E-state index in [0.29, 0.717) is 23.9 Å². The molecule has 0 spiro atoms. The highest BCUT2D eigenvalue weighted by molar-refractivity contribution is 7.84. The first kappa shape index (κ1) is 14.4. The van der Waals surface area contributed by atoms with Gasteiger partial charge in [0.2, 0.25) is 0 Å². The lowest BCUT2D eigenvalue weighted by Gasteiger charge is -2.10. The average Bonchev–Trinajstić information content (AvgIpc) is 2.39. The second kappa shape index (κ2) is 6.95. The smallest absolute Gasteiger partial charge is 0.340 e. The molecule has 0 amide bonds. The maximum absolute atomic E-state index is 11.4. The van der Waals surface area contributed by atoms with E-state index in [4.69, 9.17) is 5.73 Å². The van der Waals surface area contributed by atoms with E-state index in [2.05, 4.69) is 15.0 Å². The Morgan fingerprint density at radius 2 is 2.33 bits per heavy atom. The minimum atomic E-state index is -0.846. The number of nitrogens with zero attached hydrogens (tertiary/aromatic N) is 1. The van der Waals surface area contributed by atoms with Crippen molar-refractivity contribution in [2.24, 2.45) is 0 Å². The molecule has 0 fully saturated rings. The Bertz CT molecular complexity index is 451. The van der Waals surface area contributed by atoms with Crippen LogP contribution in [0.25, 0.3) is 0 Å². The van der Waals surface area contributed by atoms with Crippen molar-refractivity contribution < 1.29 is 13.7 Å². The van der Waals surface area contributed by atoms with Crippen LogP contribution in [0.15, 0.2) is 12.3 Å². The first-order valence-corrected chi connectivity index (χ1v) is 7.00. The number of nitrogens with one attached hydrogen (secondary N) is 1. The Kier molecular flexibility index (Phi) is 5.57. The van der Waals surface area contributed by atoms with Crippen molar-refractivity contribution in [3.8, 4) is 0 Å². The van der Waals surface area contributed by atoms with E-state index in [-0.39, 0.29) is 11.3 Å². The molecule has 0 aliphatic heterocycles. The fraction of sp³-hybridized carbons (Fsp3) is 0.455. The van der Waals surface area contributed by atoms with Crippen molar-refractivity contribution in [3.63, 3.8) is 0 Å². The summed E-state index contributed by atoms with van der Waals surface area (Å²) in [5.74, 6) is 1.04. The number of hydrogen-bond donors (Lipinski definition) is 2. The van der Waals surface area contributed by atoms with E-state index in [1.807, 2.05) is 6.92 Å². The maximum atomic E-state index is 11.4. The number of ether oxygens (including phenoxy) is 1. The number of aromatic nitrogens is 1. The minimum Gasteiger partial charge on any atom is -0.465 e. The van der Waals surface area contributed by atoms with E-state index in [1.165, 1.54) is 19.4 Å². The molecule has 100 valence electrons. The average molecular weight is 271 g/mol. The molecule has 3 N–H and O–H groups in total. The van der Waals surface area contributed by atoms with Gasteiger partial charge in [0.15, 0.2) is 0 Å². The molecule has 0 bridgehead atoms. The quantitative estimate of drug-likeness (QED) is 0.737. The van der Waals surface area contributed by atoms with Crippen molar-refractivity contribution in [2.75, 3.05) is 36.2 Å². The summed E-state index contributed by atoms with van der Waals surface area (Å²) in [6, 6.07) is 1.50. The third kappa shape index (κ3) is 3.69. The number of anilines is 2. The molecular formula is C11H17N3O3S. The van der Waals surface area contributed by atoms with Gasteiger partial charge in [0.1, 0.15) is 5.82 Å². The number of hydrogen-bond acceptors (Lipinski definition) is 6. The third-order valence-electron chi connectivity index (χ3n) is 2.34. The van der Waals surface area contributed by atoms with Crippen LogP contribution in [0.2, 0.25) is 0 Å². The first-order chi connectivity index (χ1) is 8.60. The molecule has 0 aliphatic rings. The topological polar surface area (TPSA) is 94.3 Å². The van der Waals surface area contributed by atoms with Crippen LogP contribution < -0.4 is 11.1 Å². The van der Waals surface area contributed by atoms with Crippen LogP contribution >= 0.6 is 0 Å². The molecule has 6 nitrogen and oxygen atoms in total. The Morgan fingerprint density at radius 1 is 1.61 bits per heavy atom. The number of nitrogen functional groups attached to an aromatic ring is 1. The van der Waals surface area contributed by atoms with E-state index >= 15 is 0 Å². The Balaban J connectivity index is 2.72. The lowest BCUT2D eigenvalue weighted by atomic mass is 10.2. The normalized spacial score (nSPS) is 11.9. The van der Waals surface area contributed by atoms with Gasteiger partial charge in [0.25, 0.3) is 0 Å². The van der Waals surface area contributed by atoms with Crippen LogP contribution in [0.4, 0.5) is 11.5 Å². The van der Waals surface area contributed by atoms with Gasteiger partial charge >= 0.3 is 5.97 Å². The lowest BCUT2D eigenvalue weighted by Crippen LogP contribution is -2.15. The molecule has 0 saturated heterocycles. The van der Waals surface area contributed by atoms with Crippen molar-refractivity contribution in [1.82, 2.24) is 4.98 Å². The van der Waals surface area contributed by atoms with Crippen molar-refractivity contribution in [1.29, 1.82) is 0 Å². The predicted molar refractivity (Wildman–Crippen MR) is 72.0 cm³/mol. The van der Waals surface area contributed by atoms with Crippen molar-refractivity contribution in [2.45, 2.75) is 6.92 Å². The van der Waals surface area contributed by atoms with E-state index in [0.717, 1.165) is 0 Å². The highest BCUT2D eigenvalue weighted by Crippen LogP contribution is 2.20. The van der Waals surface area contributed by atoms with E-state index in [1.54, 1.807) is 0 Å². The Labute approximate surface area is 108 Å². The second-order valence-electron chi connectivity index (χ2n) is 3.47. The highest BCUT2D eigenvalue weighted by atomic mass is 32.2. The number of esters is 1. The molecule has 1 heterocycles. The van der Waals surface area contributed by atoms with Crippen LogP contribution in [0.3, 0.4) is 0 Å². The van der Waals surface area contributed by atoms with Gasteiger partial charge in [-0.2, -0.15) is 0 Å². The molecule has 1 aromatic heterocycles. The molecule has 1 unspecified atom stereocenters. The standard InChI is InChI=1S/C11H17N3O3S/c1-3-18(16)7-6-14-10-9(12)8(4-5-13-10)11(15)17-2/h4-5H,3,6-7,12H2,1-2H3,(H,13,14). The second-order valence-corrected chi connectivity index (χ2v) is 5.34. The molecule has 1 rings (SSSR count). The Morgan fingerprint density at radius 3 is 2.94 bits per heavy atom. The number of methoxy groups -OCH3 is 1. The van der Waals surface area contributed by atoms with Gasteiger partial charge in [-0.15, -0.1) is 0 Å². The van der Waals surface area contributed by atoms with Gasteiger partial charge < -0.3 is 15.8 Å². The van der Waals surface area contributed by atoms with Gasteiger partial charge in [-0.25, -0.2) is 9.78 Å². The van der Waals surface area contributed by atoms with Gasteiger partial charge in [-0.1, -0.05) is 6.92 Å². The summed E-state index contributed by atoms with van der Waals surface area (Å²) in [4.78, 5) is 15.4. The zero-order valence-electron chi connectivity index (χ0n) is 10.4. The number of carbonyl (C=O) groups excluding carboxylic acids is 1. The van der Waals surface area contributed by atoms with Crippen LogP contribution in [0.5, 0.6) is 0 Å². The molecule has 7 heteroatoms. The monoisotopic (exact) mass is 271 g/mol. The van der Waals surface area contributed by atoms with Gasteiger partial charge in [-0.3, -0.25) is 4.21 Å². The van der Waals surface area contributed by atoms with Gasteiger partial charge in [0.05, 0.1) is 18.4 Å². The number of pyridine rings is 1. The summed E-state index contributed by atoms with van der Waals surface area (Å²) >= 11 is 0. The minimum absolute atomic E-state index is 0.242.